The number of pyridine rings is 1. The van der Waals surface area contributed by atoms with E-state index in [1.165, 1.54) is 6.26 Å². The van der Waals surface area contributed by atoms with E-state index in [1.54, 1.807) is 40.8 Å². The molecule has 2 aliphatic rings. The Morgan fingerprint density at radius 2 is 1.77 bits per heavy atom. The summed E-state index contributed by atoms with van der Waals surface area (Å²) in [5.41, 5.74) is 2.29. The maximum Gasteiger partial charge on any atom is 0.409 e. The smallest absolute Gasteiger partial charge is 0.409 e. The molecule has 0 unspecified atom stereocenters. The molecule has 1 aromatic heterocycles. The number of fused-ring (bicyclic) bond motifs is 1. The third-order valence-electron chi connectivity index (χ3n) is 7.63. The lowest BCUT2D eigenvalue weighted by Gasteiger charge is -2.36. The van der Waals surface area contributed by atoms with E-state index in [9.17, 15) is 18.0 Å². The largest absolute Gasteiger partial charge is 0.449 e. The second-order valence-corrected chi connectivity index (χ2v) is 12.8. The van der Waals surface area contributed by atoms with E-state index >= 15 is 0 Å². The van der Waals surface area contributed by atoms with Gasteiger partial charge in [-0.05, 0) is 73.4 Å². The van der Waals surface area contributed by atoms with Crippen LogP contribution >= 0.6 is 0 Å². The van der Waals surface area contributed by atoms with Gasteiger partial charge in [-0.1, -0.05) is 18.2 Å². The van der Waals surface area contributed by atoms with Gasteiger partial charge in [0.15, 0.2) is 9.84 Å². The number of aromatic nitrogens is 1. The molecule has 1 atom stereocenters. The fourth-order valence-corrected chi connectivity index (χ4v) is 6.09. The van der Waals surface area contributed by atoms with Crippen LogP contribution in [0.2, 0.25) is 0 Å². The van der Waals surface area contributed by atoms with Crippen molar-refractivity contribution < 1.29 is 17.9 Å². The standard InChI is InChI=1S/C29H36N4O5S/c1-19-15-22(20(2)30-25-7-5-6-8-26(25)39(4,36)37)23-17-27(31(3)28(34)24(23)16-19)32-11-13-33(14-12-32)29(35)38-18-21-9-10-21/h5-8,15-17,20-21,30H,9-14,18H2,1-4H3/t20-/m1/s1. The van der Waals surface area contributed by atoms with E-state index in [-0.39, 0.29) is 22.6 Å². The van der Waals surface area contributed by atoms with Gasteiger partial charge in [0.1, 0.15) is 5.82 Å². The highest BCUT2D eigenvalue weighted by Gasteiger charge is 2.28. The van der Waals surface area contributed by atoms with Crippen LogP contribution in [-0.2, 0) is 21.6 Å². The first-order chi connectivity index (χ1) is 18.5. The average molecular weight is 553 g/mol. The summed E-state index contributed by atoms with van der Waals surface area (Å²) in [5.74, 6) is 1.31. The molecule has 208 valence electrons. The molecule has 10 heteroatoms. The van der Waals surface area contributed by atoms with Gasteiger partial charge in [0.25, 0.3) is 5.56 Å². The number of sulfone groups is 1. The fourth-order valence-electron chi connectivity index (χ4n) is 5.24. The number of para-hydroxylation sites is 1. The van der Waals surface area contributed by atoms with Gasteiger partial charge in [-0.2, -0.15) is 0 Å². The van der Waals surface area contributed by atoms with E-state index in [0.29, 0.717) is 49.8 Å². The lowest BCUT2D eigenvalue weighted by molar-refractivity contribution is 0.0960. The van der Waals surface area contributed by atoms with Crippen molar-refractivity contribution >= 4 is 38.2 Å². The topological polar surface area (TPSA) is 101 Å². The normalized spacial score (nSPS) is 16.8. The Kier molecular flexibility index (Phi) is 7.33. The van der Waals surface area contributed by atoms with Gasteiger partial charge in [0.05, 0.1) is 17.2 Å². The van der Waals surface area contributed by atoms with E-state index in [0.717, 1.165) is 35.2 Å². The van der Waals surface area contributed by atoms with Crippen LogP contribution in [0.1, 0.15) is 36.9 Å². The minimum atomic E-state index is -3.42. The number of amides is 1. The number of nitrogens with zero attached hydrogens (tertiary/aromatic N) is 3. The maximum atomic E-state index is 13.5. The monoisotopic (exact) mass is 552 g/mol. The number of hydrogen-bond donors (Lipinski definition) is 1. The minimum absolute atomic E-state index is 0.0949. The third-order valence-corrected chi connectivity index (χ3v) is 8.79. The molecule has 0 radical (unpaired) electrons. The molecular weight excluding hydrogens is 516 g/mol. The summed E-state index contributed by atoms with van der Waals surface area (Å²) in [7, 11) is -1.64. The lowest BCUT2D eigenvalue weighted by atomic mass is 9.97. The van der Waals surface area contributed by atoms with Crippen LogP contribution < -0.4 is 15.8 Å². The summed E-state index contributed by atoms with van der Waals surface area (Å²) >= 11 is 0. The second-order valence-electron chi connectivity index (χ2n) is 10.8. The Hall–Kier alpha value is -3.53. The third kappa shape index (κ3) is 5.75. The zero-order valence-corrected chi connectivity index (χ0v) is 23.8. The Labute approximate surface area is 229 Å². The summed E-state index contributed by atoms with van der Waals surface area (Å²) in [6.45, 7) is 6.66. The number of benzene rings is 2. The molecule has 0 spiro atoms. The van der Waals surface area contributed by atoms with Crippen LogP contribution in [0.3, 0.4) is 0 Å². The molecule has 1 saturated carbocycles. The molecule has 9 nitrogen and oxygen atoms in total. The molecule has 1 amide bonds. The number of carbonyl (C=O) groups excluding carboxylic acids is 1. The van der Waals surface area contributed by atoms with Crippen molar-refractivity contribution in [1.29, 1.82) is 0 Å². The predicted molar refractivity (Wildman–Crippen MR) is 153 cm³/mol. The first-order valence-corrected chi connectivity index (χ1v) is 15.3. The Morgan fingerprint density at radius 3 is 2.44 bits per heavy atom. The molecule has 39 heavy (non-hydrogen) atoms. The number of piperazine rings is 1. The van der Waals surface area contributed by atoms with Gasteiger partial charge in [0.2, 0.25) is 0 Å². The number of rotatable bonds is 7. The van der Waals surface area contributed by atoms with Crippen molar-refractivity contribution in [1.82, 2.24) is 9.47 Å². The number of carbonyl (C=O) groups is 1. The summed E-state index contributed by atoms with van der Waals surface area (Å²) in [5, 5.41) is 4.80. The van der Waals surface area contributed by atoms with Crippen LogP contribution in [0.15, 0.2) is 52.2 Å². The van der Waals surface area contributed by atoms with Crippen LogP contribution in [0.4, 0.5) is 16.3 Å². The summed E-state index contributed by atoms with van der Waals surface area (Å²) in [4.78, 5) is 30.1. The molecule has 2 heterocycles. The van der Waals surface area contributed by atoms with E-state index in [4.69, 9.17) is 4.74 Å². The summed E-state index contributed by atoms with van der Waals surface area (Å²) in [6, 6.07) is 12.6. The maximum absolute atomic E-state index is 13.5. The lowest BCUT2D eigenvalue weighted by Crippen LogP contribution is -2.50. The van der Waals surface area contributed by atoms with E-state index in [2.05, 4.69) is 10.2 Å². The highest BCUT2D eigenvalue weighted by molar-refractivity contribution is 7.90. The molecule has 2 aromatic carbocycles. The van der Waals surface area contributed by atoms with Crippen LogP contribution in [0, 0.1) is 12.8 Å². The zero-order valence-electron chi connectivity index (χ0n) is 22.9. The van der Waals surface area contributed by atoms with Gasteiger partial charge in [-0.15, -0.1) is 0 Å². The average Bonchev–Trinajstić information content (AvgIpc) is 3.74. The van der Waals surface area contributed by atoms with Crippen molar-refractivity contribution in [2.24, 2.45) is 13.0 Å². The molecule has 1 N–H and O–H groups in total. The number of hydrogen-bond acceptors (Lipinski definition) is 7. The number of aryl methyl sites for hydroxylation is 1. The minimum Gasteiger partial charge on any atom is -0.449 e. The number of nitrogens with one attached hydrogen (secondary N) is 1. The van der Waals surface area contributed by atoms with Crippen LogP contribution in [-0.4, -0.2) is 63.0 Å². The summed E-state index contributed by atoms with van der Waals surface area (Å²) in [6.07, 6.45) is 3.21. The van der Waals surface area contributed by atoms with Gasteiger partial charge in [-0.25, -0.2) is 13.2 Å². The van der Waals surface area contributed by atoms with Crippen molar-refractivity contribution in [3.63, 3.8) is 0 Å². The Bertz CT molecular complexity index is 1570. The number of ether oxygens (including phenoxy) is 1. The zero-order chi connectivity index (χ0) is 27.9. The quantitative estimate of drug-likeness (QED) is 0.471. The number of anilines is 2. The van der Waals surface area contributed by atoms with Crippen LogP contribution in [0.5, 0.6) is 0 Å². The molecular formula is C29H36N4O5S. The summed E-state index contributed by atoms with van der Waals surface area (Å²) < 4.78 is 31.8. The fraction of sp³-hybridized carbons (Fsp3) is 0.448. The van der Waals surface area contributed by atoms with Crippen molar-refractivity contribution in [2.45, 2.75) is 37.6 Å². The highest BCUT2D eigenvalue weighted by Crippen LogP contribution is 2.32. The van der Waals surface area contributed by atoms with Crippen molar-refractivity contribution in [3.8, 4) is 0 Å². The first-order valence-electron chi connectivity index (χ1n) is 13.4. The second kappa shape index (κ2) is 10.6. The molecule has 1 aliphatic heterocycles. The van der Waals surface area contributed by atoms with Crippen LogP contribution in [0.25, 0.3) is 10.8 Å². The molecule has 1 saturated heterocycles. The first kappa shape index (κ1) is 27.1. The van der Waals surface area contributed by atoms with Crippen molar-refractivity contribution in [3.05, 3.63) is 63.9 Å². The molecule has 3 aromatic rings. The van der Waals surface area contributed by atoms with E-state index < -0.39 is 9.84 Å². The molecule has 2 fully saturated rings. The van der Waals surface area contributed by atoms with E-state index in [1.807, 2.05) is 32.0 Å². The molecule has 5 rings (SSSR count). The van der Waals surface area contributed by atoms with Gasteiger partial charge in [0, 0.05) is 50.9 Å². The van der Waals surface area contributed by atoms with Gasteiger partial charge in [-0.3, -0.25) is 9.36 Å². The Morgan fingerprint density at radius 1 is 1.08 bits per heavy atom. The Balaban J connectivity index is 1.44. The SMILES string of the molecule is Cc1cc([C@@H](C)Nc2ccccc2S(C)(=O)=O)c2cc(N3CCN(C(=O)OCC4CC4)CC3)n(C)c(=O)c2c1. The highest BCUT2D eigenvalue weighted by atomic mass is 32.2. The van der Waals surface area contributed by atoms with Gasteiger partial charge >= 0.3 is 6.09 Å². The molecule has 0 bridgehead atoms. The van der Waals surface area contributed by atoms with Crippen molar-refractivity contribution in [2.75, 3.05) is 49.3 Å². The van der Waals surface area contributed by atoms with Gasteiger partial charge < -0.3 is 19.9 Å². The predicted octanol–water partition coefficient (Wildman–Crippen LogP) is 4.09. The molecule has 1 aliphatic carbocycles.